The Morgan fingerprint density at radius 3 is 2.62 bits per heavy atom. The van der Waals surface area contributed by atoms with Crippen molar-refractivity contribution in [2.45, 2.75) is 0 Å². The highest BCUT2D eigenvalue weighted by molar-refractivity contribution is 6.32. The number of halogens is 1. The van der Waals surface area contributed by atoms with Crippen LogP contribution in [-0.4, -0.2) is 55.3 Å². The summed E-state index contributed by atoms with van der Waals surface area (Å²) < 4.78 is 5.10. The van der Waals surface area contributed by atoms with E-state index in [4.69, 9.17) is 16.3 Å². The van der Waals surface area contributed by atoms with Crippen LogP contribution in [0.15, 0.2) is 30.3 Å². The molecule has 0 radical (unpaired) electrons. The first-order valence-electron chi connectivity index (χ1n) is 7.37. The molecule has 0 spiro atoms. The minimum absolute atomic E-state index is 0.247. The molecule has 0 aliphatic rings. The van der Waals surface area contributed by atoms with E-state index in [-0.39, 0.29) is 11.6 Å². The summed E-state index contributed by atoms with van der Waals surface area (Å²) in [5, 5.41) is 14.3. The molecule has 0 unspecified atom stereocenters. The number of amides is 1. The Balaban J connectivity index is 1.96. The average Bonchev–Trinajstić information content (AvgIpc) is 2.55. The highest BCUT2D eigenvalue weighted by Crippen LogP contribution is 2.28. The number of carbonyl (C=O) groups is 1. The lowest BCUT2D eigenvalue weighted by atomic mass is 10.3. The SMILES string of the molecule is COc1ccc(Nc2ccc(C(=O)NCCN(C)C)nn2)cc1Cl. The van der Waals surface area contributed by atoms with E-state index in [0.717, 1.165) is 12.2 Å². The minimum Gasteiger partial charge on any atom is -0.495 e. The number of rotatable bonds is 7. The van der Waals surface area contributed by atoms with Gasteiger partial charge in [-0.3, -0.25) is 4.79 Å². The minimum atomic E-state index is -0.247. The van der Waals surface area contributed by atoms with Gasteiger partial charge in [0.15, 0.2) is 11.5 Å². The Hall–Kier alpha value is -2.38. The van der Waals surface area contributed by atoms with Gasteiger partial charge in [0.1, 0.15) is 5.75 Å². The normalized spacial score (nSPS) is 10.5. The van der Waals surface area contributed by atoms with Crippen LogP contribution in [0.25, 0.3) is 0 Å². The molecule has 0 atom stereocenters. The van der Waals surface area contributed by atoms with Crippen molar-refractivity contribution in [2.24, 2.45) is 0 Å². The van der Waals surface area contributed by atoms with Gasteiger partial charge in [-0.2, -0.15) is 0 Å². The topological polar surface area (TPSA) is 79.4 Å². The van der Waals surface area contributed by atoms with Crippen molar-refractivity contribution in [1.29, 1.82) is 0 Å². The monoisotopic (exact) mass is 349 g/mol. The van der Waals surface area contributed by atoms with Crippen LogP contribution in [0, 0.1) is 0 Å². The highest BCUT2D eigenvalue weighted by Gasteiger charge is 2.08. The van der Waals surface area contributed by atoms with Crippen molar-refractivity contribution >= 4 is 29.0 Å². The van der Waals surface area contributed by atoms with Gasteiger partial charge >= 0.3 is 0 Å². The van der Waals surface area contributed by atoms with Crippen LogP contribution in [0.4, 0.5) is 11.5 Å². The predicted octanol–water partition coefficient (Wildman–Crippen LogP) is 2.17. The summed E-state index contributed by atoms with van der Waals surface area (Å²) in [5.74, 6) is 0.863. The fraction of sp³-hybridized carbons (Fsp3) is 0.312. The van der Waals surface area contributed by atoms with Gasteiger partial charge in [-0.05, 0) is 44.4 Å². The molecular weight excluding hydrogens is 330 g/mol. The molecule has 8 heteroatoms. The van der Waals surface area contributed by atoms with Gasteiger partial charge in [-0.1, -0.05) is 11.6 Å². The zero-order chi connectivity index (χ0) is 17.5. The predicted molar refractivity (Wildman–Crippen MR) is 94.2 cm³/mol. The van der Waals surface area contributed by atoms with Crippen LogP contribution in [0.2, 0.25) is 5.02 Å². The number of benzene rings is 1. The number of carbonyl (C=O) groups excluding carboxylic acids is 1. The molecule has 7 nitrogen and oxygen atoms in total. The van der Waals surface area contributed by atoms with Crippen molar-refractivity contribution < 1.29 is 9.53 Å². The van der Waals surface area contributed by atoms with E-state index in [0.29, 0.717) is 23.1 Å². The van der Waals surface area contributed by atoms with E-state index < -0.39 is 0 Å². The first-order valence-corrected chi connectivity index (χ1v) is 7.74. The van der Waals surface area contributed by atoms with E-state index >= 15 is 0 Å². The van der Waals surface area contributed by atoms with Crippen LogP contribution < -0.4 is 15.4 Å². The number of aromatic nitrogens is 2. The molecule has 1 aromatic carbocycles. The van der Waals surface area contributed by atoms with Gasteiger partial charge in [-0.25, -0.2) is 0 Å². The largest absolute Gasteiger partial charge is 0.495 e. The molecule has 0 saturated heterocycles. The first kappa shape index (κ1) is 18.0. The van der Waals surface area contributed by atoms with Crippen molar-refractivity contribution in [1.82, 2.24) is 20.4 Å². The van der Waals surface area contributed by atoms with Crippen molar-refractivity contribution in [3.8, 4) is 5.75 Å². The number of likely N-dealkylation sites (N-methyl/N-ethyl adjacent to an activating group) is 1. The number of nitrogens with one attached hydrogen (secondary N) is 2. The molecule has 0 aliphatic heterocycles. The number of ether oxygens (including phenoxy) is 1. The lowest BCUT2D eigenvalue weighted by Crippen LogP contribution is -2.31. The molecule has 0 aliphatic carbocycles. The van der Waals surface area contributed by atoms with Crippen LogP contribution in [-0.2, 0) is 0 Å². The van der Waals surface area contributed by atoms with Gasteiger partial charge in [0, 0.05) is 18.8 Å². The molecular formula is C16H20ClN5O2. The standard InChI is InChI=1S/C16H20ClN5O2/c1-22(2)9-8-18-16(23)13-5-7-15(21-20-13)19-11-4-6-14(24-3)12(17)10-11/h4-7,10H,8-9H2,1-3H3,(H,18,23)(H,19,21). The van der Waals surface area contributed by atoms with Gasteiger partial charge in [0.2, 0.25) is 0 Å². The van der Waals surface area contributed by atoms with Gasteiger partial charge in [0.25, 0.3) is 5.91 Å². The molecule has 2 rings (SSSR count). The number of nitrogens with zero attached hydrogens (tertiary/aromatic N) is 3. The van der Waals surface area contributed by atoms with Crippen LogP contribution >= 0.6 is 11.6 Å². The van der Waals surface area contributed by atoms with Crippen molar-refractivity contribution in [3.05, 3.63) is 41.0 Å². The summed E-state index contributed by atoms with van der Waals surface area (Å²) in [4.78, 5) is 13.9. The Labute approximate surface area is 146 Å². The zero-order valence-electron chi connectivity index (χ0n) is 13.8. The molecule has 2 N–H and O–H groups in total. The van der Waals surface area contributed by atoms with Crippen LogP contribution in [0.3, 0.4) is 0 Å². The van der Waals surface area contributed by atoms with E-state index in [1.54, 1.807) is 31.4 Å². The van der Waals surface area contributed by atoms with Crippen molar-refractivity contribution in [2.75, 3.05) is 39.6 Å². The molecule has 0 fully saturated rings. The van der Waals surface area contributed by atoms with Gasteiger partial charge in [-0.15, -0.1) is 10.2 Å². The summed E-state index contributed by atoms with van der Waals surface area (Å²) in [6.45, 7) is 1.31. The molecule has 1 heterocycles. The third-order valence-corrected chi connectivity index (χ3v) is 3.46. The molecule has 2 aromatic rings. The number of hydrogen-bond donors (Lipinski definition) is 2. The fourth-order valence-electron chi connectivity index (χ4n) is 1.90. The summed E-state index contributed by atoms with van der Waals surface area (Å²) in [6.07, 6.45) is 0. The van der Waals surface area contributed by atoms with Crippen molar-refractivity contribution in [3.63, 3.8) is 0 Å². The smallest absolute Gasteiger partial charge is 0.271 e. The van der Waals surface area contributed by atoms with E-state index in [1.807, 2.05) is 25.1 Å². The maximum Gasteiger partial charge on any atom is 0.271 e. The van der Waals surface area contributed by atoms with Gasteiger partial charge < -0.3 is 20.3 Å². The Morgan fingerprint density at radius 1 is 1.25 bits per heavy atom. The third kappa shape index (κ3) is 5.07. The van der Waals surface area contributed by atoms with Gasteiger partial charge in [0.05, 0.1) is 12.1 Å². The average molecular weight is 350 g/mol. The molecule has 0 bridgehead atoms. The van der Waals surface area contributed by atoms with E-state index in [2.05, 4.69) is 20.8 Å². The molecule has 1 amide bonds. The molecule has 0 saturated carbocycles. The summed E-state index contributed by atoms with van der Waals surface area (Å²) >= 11 is 6.08. The zero-order valence-corrected chi connectivity index (χ0v) is 14.6. The quantitative estimate of drug-likeness (QED) is 0.797. The summed E-state index contributed by atoms with van der Waals surface area (Å²) in [5.41, 5.74) is 1.02. The van der Waals surface area contributed by atoms with E-state index in [9.17, 15) is 4.79 Å². The highest BCUT2D eigenvalue weighted by atomic mass is 35.5. The first-order chi connectivity index (χ1) is 11.5. The Kier molecular flexibility index (Phi) is 6.34. The maximum atomic E-state index is 11.9. The van der Waals surface area contributed by atoms with Crippen LogP contribution in [0.5, 0.6) is 5.75 Å². The lowest BCUT2D eigenvalue weighted by molar-refractivity contribution is 0.0945. The van der Waals surface area contributed by atoms with Crippen LogP contribution in [0.1, 0.15) is 10.5 Å². The maximum absolute atomic E-state index is 11.9. The summed E-state index contributed by atoms with van der Waals surface area (Å²) in [6, 6.07) is 8.60. The third-order valence-electron chi connectivity index (χ3n) is 3.17. The fourth-order valence-corrected chi connectivity index (χ4v) is 2.15. The second kappa shape index (κ2) is 8.47. The number of methoxy groups -OCH3 is 1. The Bertz CT molecular complexity index is 691. The number of hydrogen-bond acceptors (Lipinski definition) is 6. The summed E-state index contributed by atoms with van der Waals surface area (Å²) in [7, 11) is 5.44. The van der Waals surface area contributed by atoms with E-state index in [1.165, 1.54) is 0 Å². The lowest BCUT2D eigenvalue weighted by Gasteiger charge is -2.10. The molecule has 128 valence electrons. The second-order valence-corrected chi connectivity index (χ2v) is 5.74. The Morgan fingerprint density at radius 2 is 2.04 bits per heavy atom. The molecule has 1 aromatic heterocycles. The number of anilines is 2. The molecule has 24 heavy (non-hydrogen) atoms. The second-order valence-electron chi connectivity index (χ2n) is 5.34.